The lowest BCUT2D eigenvalue weighted by Crippen LogP contribution is -2.56. The van der Waals surface area contributed by atoms with Crippen LogP contribution < -0.4 is 16.0 Å². The number of imide groups is 1. The van der Waals surface area contributed by atoms with Gasteiger partial charge in [-0.1, -0.05) is 0 Å². The molecule has 0 spiro atoms. The fourth-order valence-corrected chi connectivity index (χ4v) is 4.57. The molecule has 0 bridgehead atoms. The molecule has 148 valence electrons. The third-order valence-electron chi connectivity index (χ3n) is 5.33. The highest BCUT2D eigenvalue weighted by Gasteiger charge is 2.40. The van der Waals surface area contributed by atoms with Crippen molar-refractivity contribution < 1.29 is 19.2 Å². The van der Waals surface area contributed by atoms with E-state index in [0.29, 0.717) is 37.3 Å². The molecule has 0 radical (unpaired) electrons. The third kappa shape index (κ3) is 3.34. The third-order valence-corrected chi connectivity index (χ3v) is 6.29. The number of anilines is 1. The smallest absolute Gasteiger partial charge is 0.259 e. The predicted molar refractivity (Wildman–Crippen MR) is 108 cm³/mol. The van der Waals surface area contributed by atoms with Gasteiger partial charge in [-0.15, -0.1) is 0 Å². The van der Waals surface area contributed by atoms with E-state index in [1.54, 1.807) is 18.0 Å². The molecule has 3 aliphatic heterocycles. The molecule has 28 heavy (non-hydrogen) atoms. The quantitative estimate of drug-likeness (QED) is 0.396. The Hall–Kier alpha value is -2.21. The van der Waals surface area contributed by atoms with Gasteiger partial charge in [-0.3, -0.25) is 29.8 Å². The van der Waals surface area contributed by atoms with Crippen molar-refractivity contribution in [3.8, 4) is 0 Å². The number of fused-ring (bicyclic) bond motifs is 1. The van der Waals surface area contributed by atoms with Crippen molar-refractivity contribution >= 4 is 51.9 Å². The van der Waals surface area contributed by atoms with Crippen LogP contribution in [-0.4, -0.2) is 65.8 Å². The zero-order valence-electron chi connectivity index (χ0n) is 15.3. The van der Waals surface area contributed by atoms with Crippen LogP contribution in [0.5, 0.6) is 0 Å². The van der Waals surface area contributed by atoms with Crippen LogP contribution in [0, 0.1) is 3.57 Å². The Balaban J connectivity index is 1.56. The van der Waals surface area contributed by atoms with E-state index in [2.05, 4.69) is 38.5 Å². The Labute approximate surface area is 175 Å². The molecule has 10 heteroatoms. The second-order valence-electron chi connectivity index (χ2n) is 7.18. The van der Waals surface area contributed by atoms with Crippen molar-refractivity contribution in [3.05, 3.63) is 26.8 Å². The Morgan fingerprint density at radius 2 is 2.00 bits per heavy atom. The number of hydrogen-bond donors (Lipinski definition) is 3. The van der Waals surface area contributed by atoms with E-state index in [9.17, 15) is 19.2 Å². The number of nitrogens with one attached hydrogen (secondary N) is 3. The highest BCUT2D eigenvalue weighted by atomic mass is 127. The minimum absolute atomic E-state index is 0.0572. The van der Waals surface area contributed by atoms with Gasteiger partial charge in [-0.05, 0) is 46.7 Å². The minimum Gasteiger partial charge on any atom is -0.362 e. The summed E-state index contributed by atoms with van der Waals surface area (Å²) in [6.07, 6.45) is 0.0119. The molecule has 0 saturated carbocycles. The summed E-state index contributed by atoms with van der Waals surface area (Å²) in [7, 11) is 1.76. The number of hydrogen-bond acceptors (Lipinski definition) is 6. The van der Waals surface area contributed by atoms with E-state index in [4.69, 9.17) is 0 Å². The largest absolute Gasteiger partial charge is 0.362 e. The summed E-state index contributed by atoms with van der Waals surface area (Å²) in [4.78, 5) is 52.0. The number of benzene rings is 1. The number of amides is 4. The van der Waals surface area contributed by atoms with Crippen LogP contribution in [0.25, 0.3) is 0 Å². The first-order valence-electron chi connectivity index (χ1n) is 9.07. The van der Waals surface area contributed by atoms with Gasteiger partial charge in [-0.25, -0.2) is 0 Å². The summed E-state index contributed by atoms with van der Waals surface area (Å²) < 4.78 is 0.886. The van der Waals surface area contributed by atoms with Crippen molar-refractivity contribution in [1.82, 2.24) is 20.4 Å². The summed E-state index contributed by atoms with van der Waals surface area (Å²) in [5, 5.41) is 8.60. The van der Waals surface area contributed by atoms with Crippen LogP contribution in [0.4, 0.5) is 5.69 Å². The molecule has 4 amide bonds. The molecular weight excluding hydrogens is 477 g/mol. The maximum atomic E-state index is 13.0. The Bertz CT molecular complexity index is 889. The molecule has 2 unspecified atom stereocenters. The van der Waals surface area contributed by atoms with Crippen LogP contribution in [0.15, 0.2) is 12.1 Å². The van der Waals surface area contributed by atoms with Crippen molar-refractivity contribution in [2.45, 2.75) is 31.6 Å². The zero-order chi connectivity index (χ0) is 20.0. The molecule has 2 saturated heterocycles. The molecule has 1 aromatic carbocycles. The summed E-state index contributed by atoms with van der Waals surface area (Å²) >= 11 is 2.17. The van der Waals surface area contributed by atoms with Gasteiger partial charge in [0.25, 0.3) is 11.8 Å². The lowest BCUT2D eigenvalue weighted by atomic mass is 10.0. The summed E-state index contributed by atoms with van der Waals surface area (Å²) in [5.74, 6) is -1.02. The molecule has 1 aromatic rings. The Kier molecular flexibility index (Phi) is 5.00. The van der Waals surface area contributed by atoms with Gasteiger partial charge in [-0.2, -0.15) is 0 Å². The molecule has 0 aliphatic carbocycles. The molecule has 4 rings (SSSR count). The van der Waals surface area contributed by atoms with E-state index in [1.165, 1.54) is 4.90 Å². The first kappa shape index (κ1) is 19.1. The maximum absolute atomic E-state index is 13.0. The summed E-state index contributed by atoms with van der Waals surface area (Å²) in [6, 6.07) is 2.99. The lowest BCUT2D eigenvalue weighted by Gasteiger charge is -2.31. The molecule has 2 fully saturated rings. The van der Waals surface area contributed by atoms with E-state index in [0.717, 1.165) is 9.13 Å². The highest BCUT2D eigenvalue weighted by Crippen LogP contribution is 2.33. The fraction of sp³-hybridized carbons (Fsp3) is 0.444. The average molecular weight is 497 g/mol. The van der Waals surface area contributed by atoms with Crippen molar-refractivity contribution in [2.75, 3.05) is 25.5 Å². The van der Waals surface area contributed by atoms with Gasteiger partial charge >= 0.3 is 0 Å². The Morgan fingerprint density at radius 3 is 2.75 bits per heavy atom. The van der Waals surface area contributed by atoms with Crippen molar-refractivity contribution in [3.63, 3.8) is 0 Å². The molecule has 9 nitrogen and oxygen atoms in total. The monoisotopic (exact) mass is 497 g/mol. The second kappa shape index (κ2) is 7.32. The summed E-state index contributed by atoms with van der Waals surface area (Å²) in [5.41, 5.74) is 2.05. The van der Waals surface area contributed by atoms with E-state index in [1.807, 2.05) is 6.07 Å². The van der Waals surface area contributed by atoms with Crippen LogP contribution >= 0.6 is 22.6 Å². The standard InChI is InChI=1S/C18H20IN5O4/c1-23-5-4-20-15(18(23)28)21-9-6-10-11(12(19)7-9)8-24(17(10)27)13-2-3-14(25)22-16(13)26/h6-7,13,15,20-21H,2-5,8H2,1H3,(H,22,25,26). The number of nitrogens with zero attached hydrogens (tertiary/aromatic N) is 2. The van der Waals surface area contributed by atoms with Gasteiger partial charge in [0.1, 0.15) is 6.04 Å². The SMILES string of the molecule is CN1CCNC(Nc2cc(I)c3c(c2)C(=O)N(C2CCC(=O)NC2=O)C3)C1=O. The topological polar surface area (TPSA) is 111 Å². The number of carbonyl (C=O) groups is 4. The highest BCUT2D eigenvalue weighted by molar-refractivity contribution is 14.1. The van der Waals surface area contributed by atoms with E-state index >= 15 is 0 Å². The van der Waals surface area contributed by atoms with Gasteiger partial charge in [0.05, 0.1) is 0 Å². The molecular formula is C18H20IN5O4. The van der Waals surface area contributed by atoms with Crippen LogP contribution in [-0.2, 0) is 20.9 Å². The number of halogens is 1. The maximum Gasteiger partial charge on any atom is 0.259 e. The average Bonchev–Trinajstić information content (AvgIpc) is 2.97. The minimum atomic E-state index is -0.639. The van der Waals surface area contributed by atoms with Gasteiger partial charge in [0.2, 0.25) is 11.8 Å². The van der Waals surface area contributed by atoms with Crippen LogP contribution in [0.3, 0.4) is 0 Å². The summed E-state index contributed by atoms with van der Waals surface area (Å²) in [6.45, 7) is 1.67. The van der Waals surface area contributed by atoms with Crippen LogP contribution in [0.1, 0.15) is 28.8 Å². The number of piperidine rings is 1. The molecule has 3 heterocycles. The Morgan fingerprint density at radius 1 is 1.21 bits per heavy atom. The van der Waals surface area contributed by atoms with Crippen LogP contribution in [0.2, 0.25) is 0 Å². The van der Waals surface area contributed by atoms with Crippen molar-refractivity contribution in [2.24, 2.45) is 0 Å². The van der Waals surface area contributed by atoms with E-state index < -0.39 is 18.1 Å². The van der Waals surface area contributed by atoms with Crippen molar-refractivity contribution in [1.29, 1.82) is 0 Å². The first-order chi connectivity index (χ1) is 13.3. The van der Waals surface area contributed by atoms with Gasteiger partial charge < -0.3 is 15.1 Å². The fourth-order valence-electron chi connectivity index (χ4n) is 3.77. The van der Waals surface area contributed by atoms with E-state index in [-0.39, 0.29) is 24.1 Å². The molecule has 3 N–H and O–H groups in total. The number of piperazine rings is 1. The molecule has 0 aromatic heterocycles. The normalized spacial score (nSPS) is 25.1. The number of rotatable bonds is 3. The molecule has 2 atom stereocenters. The predicted octanol–water partition coefficient (Wildman–Crippen LogP) is -0.148. The molecule has 3 aliphatic rings. The zero-order valence-corrected chi connectivity index (χ0v) is 17.4. The second-order valence-corrected chi connectivity index (χ2v) is 8.34. The first-order valence-corrected chi connectivity index (χ1v) is 10.1. The van der Waals surface area contributed by atoms with Gasteiger partial charge in [0.15, 0.2) is 6.17 Å². The lowest BCUT2D eigenvalue weighted by molar-refractivity contribution is -0.137. The van der Waals surface area contributed by atoms with Gasteiger partial charge in [0, 0.05) is 47.9 Å². The number of carbonyl (C=O) groups excluding carboxylic acids is 4. The number of likely N-dealkylation sites (N-methyl/N-ethyl adjacent to an activating group) is 1.